The van der Waals surface area contributed by atoms with Gasteiger partial charge in [0.05, 0.1) is 6.04 Å². The van der Waals surface area contributed by atoms with Gasteiger partial charge in [-0.05, 0) is 25.2 Å². The van der Waals surface area contributed by atoms with Gasteiger partial charge >= 0.3 is 0 Å². The highest BCUT2D eigenvalue weighted by Crippen LogP contribution is 2.19. The first kappa shape index (κ1) is 12.9. The second kappa shape index (κ2) is 6.41. The van der Waals surface area contributed by atoms with Gasteiger partial charge < -0.3 is 5.32 Å². The average Bonchev–Trinajstić information content (AvgIpc) is 2.25. The lowest BCUT2D eigenvalue weighted by molar-refractivity contribution is 0.442. The highest BCUT2D eigenvalue weighted by Gasteiger charge is 2.17. The molecule has 0 spiro atoms. The lowest BCUT2D eigenvalue weighted by Crippen LogP contribution is -2.38. The van der Waals surface area contributed by atoms with Crippen LogP contribution in [0.1, 0.15) is 47.0 Å². The smallest absolute Gasteiger partial charge is 0.157 e. The summed E-state index contributed by atoms with van der Waals surface area (Å²) < 4.78 is 0. The van der Waals surface area contributed by atoms with Gasteiger partial charge in [-0.25, -0.2) is 0 Å². The Morgan fingerprint density at radius 3 is 2.73 bits per heavy atom. The summed E-state index contributed by atoms with van der Waals surface area (Å²) in [7, 11) is 0. The highest BCUT2D eigenvalue weighted by molar-refractivity contribution is 8.13. The molecule has 0 saturated heterocycles. The van der Waals surface area contributed by atoms with Crippen molar-refractivity contribution in [2.24, 2.45) is 10.9 Å². The van der Waals surface area contributed by atoms with E-state index in [1.807, 2.05) is 11.8 Å². The number of nitrogens with zero attached hydrogens (tertiary/aromatic N) is 1. The van der Waals surface area contributed by atoms with Gasteiger partial charge in [-0.3, -0.25) is 4.99 Å². The minimum absolute atomic E-state index is 0.554. The van der Waals surface area contributed by atoms with Crippen molar-refractivity contribution in [2.75, 3.05) is 5.75 Å². The summed E-state index contributed by atoms with van der Waals surface area (Å²) in [6.07, 6.45) is 3.59. The second-order valence-electron chi connectivity index (χ2n) is 4.54. The van der Waals surface area contributed by atoms with Crippen LogP contribution < -0.4 is 5.32 Å². The zero-order valence-electron chi connectivity index (χ0n) is 10.4. The Morgan fingerprint density at radius 1 is 1.47 bits per heavy atom. The van der Waals surface area contributed by atoms with Crippen molar-refractivity contribution in [1.82, 2.24) is 5.32 Å². The van der Waals surface area contributed by atoms with Gasteiger partial charge in [-0.15, -0.1) is 0 Å². The molecule has 0 aromatic carbocycles. The van der Waals surface area contributed by atoms with E-state index in [9.17, 15) is 0 Å². The highest BCUT2D eigenvalue weighted by atomic mass is 32.2. The summed E-state index contributed by atoms with van der Waals surface area (Å²) in [5.41, 5.74) is 0. The van der Waals surface area contributed by atoms with Crippen LogP contribution in [-0.4, -0.2) is 23.0 Å². The fourth-order valence-corrected chi connectivity index (χ4v) is 2.87. The standard InChI is InChI=1S/C12H24N2S/c1-5-10-7-8-15-12(13-10)14-11(6-2)9(3)4/h9-11H,5-8H2,1-4H3,(H,13,14). The Morgan fingerprint density at radius 2 is 2.20 bits per heavy atom. The van der Waals surface area contributed by atoms with Crippen molar-refractivity contribution >= 4 is 16.9 Å². The van der Waals surface area contributed by atoms with Crippen molar-refractivity contribution in [3.8, 4) is 0 Å². The van der Waals surface area contributed by atoms with E-state index in [0.717, 1.165) is 0 Å². The Bertz CT molecular complexity index is 214. The fraction of sp³-hybridized carbons (Fsp3) is 0.917. The lowest BCUT2D eigenvalue weighted by atomic mass is 10.0. The van der Waals surface area contributed by atoms with Gasteiger partial charge in [-0.1, -0.05) is 39.5 Å². The molecular weight excluding hydrogens is 204 g/mol. The van der Waals surface area contributed by atoms with Crippen LogP contribution in [0.3, 0.4) is 0 Å². The van der Waals surface area contributed by atoms with E-state index < -0.39 is 0 Å². The maximum absolute atomic E-state index is 4.74. The summed E-state index contributed by atoms with van der Waals surface area (Å²) in [5, 5.41) is 4.76. The van der Waals surface area contributed by atoms with Gasteiger partial charge in [0.2, 0.25) is 0 Å². The zero-order valence-corrected chi connectivity index (χ0v) is 11.2. The quantitative estimate of drug-likeness (QED) is 0.798. The van der Waals surface area contributed by atoms with Crippen molar-refractivity contribution < 1.29 is 0 Å². The monoisotopic (exact) mass is 228 g/mol. The molecule has 2 nitrogen and oxygen atoms in total. The van der Waals surface area contributed by atoms with Crippen molar-refractivity contribution in [1.29, 1.82) is 0 Å². The summed E-state index contributed by atoms with van der Waals surface area (Å²) >= 11 is 1.88. The normalized spacial score (nSPS) is 23.8. The van der Waals surface area contributed by atoms with E-state index in [0.29, 0.717) is 18.0 Å². The topological polar surface area (TPSA) is 24.4 Å². The predicted molar refractivity (Wildman–Crippen MR) is 70.6 cm³/mol. The molecule has 0 radical (unpaired) electrons. The number of rotatable bonds is 4. The van der Waals surface area contributed by atoms with E-state index in [1.165, 1.54) is 30.2 Å². The third-order valence-corrected chi connectivity index (χ3v) is 3.95. The van der Waals surface area contributed by atoms with Crippen LogP contribution in [0.5, 0.6) is 0 Å². The maximum atomic E-state index is 4.74. The Labute approximate surface area is 98.3 Å². The number of amidine groups is 1. The van der Waals surface area contributed by atoms with Crippen LogP contribution in [0.4, 0.5) is 0 Å². The third-order valence-electron chi connectivity index (χ3n) is 3.01. The van der Waals surface area contributed by atoms with Crippen LogP contribution in [0, 0.1) is 5.92 Å². The second-order valence-corrected chi connectivity index (χ2v) is 5.62. The third kappa shape index (κ3) is 4.06. The molecule has 0 saturated carbocycles. The number of nitrogens with one attached hydrogen (secondary N) is 1. The molecule has 0 fully saturated rings. The Hall–Kier alpha value is -0.180. The van der Waals surface area contributed by atoms with Crippen molar-refractivity contribution in [3.63, 3.8) is 0 Å². The molecule has 0 bridgehead atoms. The average molecular weight is 228 g/mol. The molecule has 3 heteroatoms. The Kier molecular flexibility index (Phi) is 5.51. The van der Waals surface area contributed by atoms with Crippen LogP contribution in [0.15, 0.2) is 4.99 Å². The SMILES string of the molecule is CCC1CCSC(NC(CC)C(C)C)=N1. The van der Waals surface area contributed by atoms with Gasteiger partial charge in [0.1, 0.15) is 0 Å². The molecule has 0 amide bonds. The molecule has 88 valence electrons. The van der Waals surface area contributed by atoms with Crippen molar-refractivity contribution in [2.45, 2.75) is 59.0 Å². The maximum Gasteiger partial charge on any atom is 0.157 e. The Balaban J connectivity index is 2.52. The molecule has 1 heterocycles. The van der Waals surface area contributed by atoms with Gasteiger partial charge in [0, 0.05) is 11.8 Å². The van der Waals surface area contributed by atoms with Gasteiger partial charge in [0.25, 0.3) is 0 Å². The number of hydrogen-bond acceptors (Lipinski definition) is 3. The lowest BCUT2D eigenvalue weighted by Gasteiger charge is -2.26. The molecule has 0 aromatic rings. The van der Waals surface area contributed by atoms with Gasteiger partial charge in [-0.2, -0.15) is 0 Å². The van der Waals surface area contributed by atoms with E-state index in [1.54, 1.807) is 0 Å². The number of aliphatic imine (C=N–C) groups is 1. The first-order valence-electron chi connectivity index (χ1n) is 6.14. The van der Waals surface area contributed by atoms with E-state index in [2.05, 4.69) is 33.0 Å². The van der Waals surface area contributed by atoms with Crippen LogP contribution in [0.25, 0.3) is 0 Å². The molecule has 1 aliphatic heterocycles. The first-order chi connectivity index (χ1) is 7.17. The molecule has 1 aliphatic rings. The molecule has 1 rings (SSSR count). The molecule has 1 N–H and O–H groups in total. The molecule has 0 aromatic heterocycles. The van der Waals surface area contributed by atoms with Crippen LogP contribution in [-0.2, 0) is 0 Å². The zero-order chi connectivity index (χ0) is 11.3. The largest absolute Gasteiger partial charge is 0.362 e. The fourth-order valence-electron chi connectivity index (χ4n) is 1.83. The van der Waals surface area contributed by atoms with Crippen LogP contribution in [0.2, 0.25) is 0 Å². The first-order valence-corrected chi connectivity index (χ1v) is 7.13. The molecule has 15 heavy (non-hydrogen) atoms. The van der Waals surface area contributed by atoms with Gasteiger partial charge in [0.15, 0.2) is 5.17 Å². The summed E-state index contributed by atoms with van der Waals surface area (Å²) in [6, 6.07) is 1.13. The minimum atomic E-state index is 0.554. The van der Waals surface area contributed by atoms with Crippen LogP contribution >= 0.6 is 11.8 Å². The molecule has 2 unspecified atom stereocenters. The summed E-state index contributed by atoms with van der Waals surface area (Å²) in [5.74, 6) is 1.90. The number of hydrogen-bond donors (Lipinski definition) is 1. The molecule has 0 aliphatic carbocycles. The molecule has 2 atom stereocenters. The predicted octanol–water partition coefficient (Wildman–Crippen LogP) is 3.28. The summed E-state index contributed by atoms with van der Waals surface area (Å²) in [4.78, 5) is 4.74. The van der Waals surface area contributed by atoms with E-state index in [4.69, 9.17) is 4.99 Å². The minimum Gasteiger partial charge on any atom is -0.362 e. The summed E-state index contributed by atoms with van der Waals surface area (Å²) in [6.45, 7) is 9.00. The number of thioether (sulfide) groups is 1. The van der Waals surface area contributed by atoms with Crippen molar-refractivity contribution in [3.05, 3.63) is 0 Å². The van der Waals surface area contributed by atoms with E-state index >= 15 is 0 Å². The molecular formula is C12H24N2S. The van der Waals surface area contributed by atoms with E-state index in [-0.39, 0.29) is 0 Å².